The van der Waals surface area contributed by atoms with Crippen LogP contribution in [0.3, 0.4) is 0 Å². The molecule has 0 aliphatic heterocycles. The van der Waals surface area contributed by atoms with E-state index in [1.807, 2.05) is 0 Å². The third-order valence-corrected chi connectivity index (χ3v) is 5.32. The molecule has 0 saturated heterocycles. The molecule has 0 heterocycles. The van der Waals surface area contributed by atoms with Gasteiger partial charge in [0, 0.05) is 13.8 Å². The van der Waals surface area contributed by atoms with E-state index in [4.69, 9.17) is 4.52 Å². The minimum atomic E-state index is -2.35. The number of hydrogen-bond donors (Lipinski definition) is 0. The molecule has 1 atom stereocenters. The Bertz CT molecular complexity index is 179. The quantitative estimate of drug-likeness (QED) is 0.514. The molecule has 0 aromatic carbocycles. The largest absolute Gasteiger partial charge is 0.330 e. The average Bonchev–Trinajstić information content (AvgIpc) is 1.84. The van der Waals surface area contributed by atoms with Crippen molar-refractivity contribution < 1.29 is 13.6 Å². The summed E-state index contributed by atoms with van der Waals surface area (Å²) in [6.45, 7) is 0.313. The van der Waals surface area contributed by atoms with Gasteiger partial charge in [-0.25, -0.2) is 0 Å². The summed E-state index contributed by atoms with van der Waals surface area (Å²) in [5.41, 5.74) is 0. The lowest BCUT2D eigenvalue weighted by Gasteiger charge is -2.23. The van der Waals surface area contributed by atoms with E-state index in [1.165, 1.54) is 18.5 Å². The molecule has 74 valence electrons. The summed E-state index contributed by atoms with van der Waals surface area (Å²) in [6, 6.07) is 0. The third kappa shape index (κ3) is 7.17. The van der Waals surface area contributed by atoms with Crippen LogP contribution in [-0.4, -0.2) is 51.7 Å². The first kappa shape index (κ1) is 12.5. The predicted octanol–water partition coefficient (Wildman–Crippen LogP) is 1.90. The van der Waals surface area contributed by atoms with Gasteiger partial charge < -0.3 is 9.01 Å². The van der Waals surface area contributed by atoms with Crippen molar-refractivity contribution in [3.63, 3.8) is 0 Å². The van der Waals surface area contributed by atoms with Crippen molar-refractivity contribution in [2.75, 3.05) is 47.2 Å². The topological polar surface area (TPSA) is 26.3 Å². The van der Waals surface area contributed by atoms with Gasteiger partial charge in [-0.1, -0.05) is 11.4 Å². The second-order valence-corrected chi connectivity index (χ2v) is 9.14. The molecule has 0 spiro atoms. The minimum Gasteiger partial charge on any atom is -0.330 e. The molecule has 0 bridgehead atoms. The lowest BCUT2D eigenvalue weighted by atomic mass is 10.6. The lowest BCUT2D eigenvalue weighted by molar-refractivity contribution is -0.867. The summed E-state index contributed by atoms with van der Waals surface area (Å²) in [4.78, 5) is 0. The molecule has 0 fully saturated rings. The fourth-order valence-electron chi connectivity index (χ4n) is 0.533. The van der Waals surface area contributed by atoms with Crippen molar-refractivity contribution in [1.29, 1.82) is 0 Å². The Labute approximate surface area is 79.3 Å². The maximum atomic E-state index is 11.4. The number of rotatable bonds is 5. The van der Waals surface area contributed by atoms with E-state index in [9.17, 15) is 4.57 Å². The standard InChI is InChI=1S/C7H19NO2PS/c1-8(2,3)6-7-12-11(5,9)10-4/h6-7H2,1-5H3/q+1/t11-/m0/s1. The smallest absolute Gasteiger partial charge is 0.254 e. The zero-order valence-corrected chi connectivity index (χ0v) is 10.2. The van der Waals surface area contributed by atoms with Gasteiger partial charge in [0.15, 0.2) is 0 Å². The first-order chi connectivity index (χ1) is 5.27. The van der Waals surface area contributed by atoms with Crippen LogP contribution in [0.4, 0.5) is 0 Å². The molecule has 0 saturated carbocycles. The molecule has 0 aliphatic rings. The summed E-state index contributed by atoms with van der Waals surface area (Å²) in [5.74, 6) is 0.880. The molecule has 0 aromatic heterocycles. The van der Waals surface area contributed by atoms with Crippen molar-refractivity contribution in [1.82, 2.24) is 0 Å². The number of hydrogen-bond acceptors (Lipinski definition) is 3. The summed E-state index contributed by atoms with van der Waals surface area (Å²) in [6.07, 6.45) is 0. The highest BCUT2D eigenvalue weighted by atomic mass is 32.7. The van der Waals surface area contributed by atoms with Gasteiger partial charge in [-0.3, -0.25) is 4.57 Å². The Morgan fingerprint density at radius 2 is 1.92 bits per heavy atom. The van der Waals surface area contributed by atoms with Crippen LogP contribution in [0.1, 0.15) is 0 Å². The van der Waals surface area contributed by atoms with Crippen LogP contribution in [0.2, 0.25) is 0 Å². The van der Waals surface area contributed by atoms with Crippen LogP contribution in [0, 0.1) is 0 Å². The van der Waals surface area contributed by atoms with Crippen molar-refractivity contribution in [3.8, 4) is 0 Å². The monoisotopic (exact) mass is 212 g/mol. The molecule has 5 heteroatoms. The fraction of sp³-hybridized carbons (Fsp3) is 1.00. The summed E-state index contributed by atoms with van der Waals surface area (Å²) in [5, 5.41) is 0. The summed E-state index contributed by atoms with van der Waals surface area (Å²) < 4.78 is 17.2. The van der Waals surface area contributed by atoms with Crippen LogP contribution < -0.4 is 0 Å². The van der Waals surface area contributed by atoms with Crippen LogP contribution in [-0.2, 0) is 9.09 Å². The second kappa shape index (κ2) is 4.66. The van der Waals surface area contributed by atoms with Gasteiger partial charge in [0.25, 0.3) is 6.57 Å². The van der Waals surface area contributed by atoms with Crippen molar-refractivity contribution >= 4 is 18.0 Å². The van der Waals surface area contributed by atoms with E-state index in [-0.39, 0.29) is 0 Å². The minimum absolute atomic E-state index is 0.880. The normalized spacial score (nSPS) is 17.4. The highest BCUT2D eigenvalue weighted by Gasteiger charge is 2.16. The van der Waals surface area contributed by atoms with Gasteiger partial charge in [0.1, 0.15) is 0 Å². The van der Waals surface area contributed by atoms with E-state index >= 15 is 0 Å². The van der Waals surface area contributed by atoms with Crippen molar-refractivity contribution in [2.24, 2.45) is 0 Å². The van der Waals surface area contributed by atoms with E-state index < -0.39 is 6.57 Å². The first-order valence-electron chi connectivity index (χ1n) is 3.85. The maximum absolute atomic E-state index is 11.4. The van der Waals surface area contributed by atoms with E-state index in [1.54, 1.807) is 6.66 Å². The Hall–Kier alpha value is 0.500. The average molecular weight is 212 g/mol. The van der Waals surface area contributed by atoms with Gasteiger partial charge in [-0.2, -0.15) is 0 Å². The lowest BCUT2D eigenvalue weighted by Crippen LogP contribution is -2.36. The fourth-order valence-corrected chi connectivity index (χ4v) is 3.16. The zero-order chi connectivity index (χ0) is 9.83. The van der Waals surface area contributed by atoms with Gasteiger partial charge in [-0.05, 0) is 0 Å². The predicted molar refractivity (Wildman–Crippen MR) is 55.9 cm³/mol. The maximum Gasteiger partial charge on any atom is 0.254 e. The highest BCUT2D eigenvalue weighted by Crippen LogP contribution is 2.55. The van der Waals surface area contributed by atoms with E-state index in [0.29, 0.717) is 0 Å². The van der Waals surface area contributed by atoms with Gasteiger partial charge in [0.2, 0.25) is 0 Å². The zero-order valence-electron chi connectivity index (χ0n) is 8.53. The third-order valence-electron chi connectivity index (χ3n) is 1.42. The number of nitrogens with zero attached hydrogens (tertiary/aromatic N) is 1. The van der Waals surface area contributed by atoms with Crippen LogP contribution in [0.15, 0.2) is 0 Å². The molecule has 3 nitrogen and oxygen atoms in total. The summed E-state index contributed by atoms with van der Waals surface area (Å²) >= 11 is 1.42. The Balaban J connectivity index is 3.65. The SMILES string of the molecule is CO[P@](C)(=O)SCC[N+](C)(C)C. The van der Waals surface area contributed by atoms with Crippen LogP contribution in [0.5, 0.6) is 0 Å². The Kier molecular flexibility index (Phi) is 4.85. The van der Waals surface area contributed by atoms with Crippen molar-refractivity contribution in [3.05, 3.63) is 0 Å². The molecular formula is C7H19NO2PS+. The molecule has 0 rings (SSSR count). The molecule has 0 N–H and O–H groups in total. The Morgan fingerprint density at radius 3 is 2.25 bits per heavy atom. The van der Waals surface area contributed by atoms with Crippen molar-refractivity contribution in [2.45, 2.75) is 0 Å². The molecule has 0 aromatic rings. The molecular weight excluding hydrogens is 193 g/mol. The highest BCUT2D eigenvalue weighted by molar-refractivity contribution is 8.56. The molecule has 0 radical (unpaired) electrons. The van der Waals surface area contributed by atoms with E-state index in [0.717, 1.165) is 16.8 Å². The first-order valence-corrected chi connectivity index (χ1v) is 7.51. The van der Waals surface area contributed by atoms with E-state index in [2.05, 4.69) is 21.1 Å². The van der Waals surface area contributed by atoms with Crippen LogP contribution >= 0.6 is 18.0 Å². The van der Waals surface area contributed by atoms with Gasteiger partial charge in [0.05, 0.1) is 33.4 Å². The number of quaternary nitrogens is 1. The van der Waals surface area contributed by atoms with Crippen LogP contribution in [0.25, 0.3) is 0 Å². The molecule has 0 unspecified atom stereocenters. The molecule has 0 aliphatic carbocycles. The second-order valence-electron chi connectivity index (χ2n) is 3.80. The molecule has 12 heavy (non-hydrogen) atoms. The Morgan fingerprint density at radius 1 is 1.42 bits per heavy atom. The molecule has 0 amide bonds. The van der Waals surface area contributed by atoms with Gasteiger partial charge >= 0.3 is 0 Å². The van der Waals surface area contributed by atoms with Gasteiger partial charge in [-0.15, -0.1) is 0 Å². The summed E-state index contributed by atoms with van der Waals surface area (Å²) in [7, 11) is 7.86.